The Morgan fingerprint density at radius 2 is 2.04 bits per heavy atom. The van der Waals surface area contributed by atoms with Gasteiger partial charge < -0.3 is 4.42 Å². The second kappa shape index (κ2) is 6.48. The van der Waals surface area contributed by atoms with Gasteiger partial charge in [0.25, 0.3) is 0 Å². The first-order chi connectivity index (χ1) is 12.4. The van der Waals surface area contributed by atoms with Gasteiger partial charge in [-0.05, 0) is 65.8 Å². The molecule has 0 aliphatic rings. The summed E-state index contributed by atoms with van der Waals surface area (Å²) in [5, 5.41) is 5.31. The fourth-order valence-electron chi connectivity index (χ4n) is 2.84. The Bertz CT molecular complexity index is 1220. The van der Waals surface area contributed by atoms with Crippen molar-refractivity contribution in [1.82, 2.24) is 19.7 Å². The molecule has 0 saturated carbocycles. The van der Waals surface area contributed by atoms with Gasteiger partial charge >= 0.3 is 5.63 Å². The Hall–Kier alpha value is -2.26. The molecule has 4 aromatic rings. The highest BCUT2D eigenvalue weighted by atomic mass is 127. The molecule has 8 heteroatoms. The topological polar surface area (TPSA) is 73.8 Å². The molecule has 0 amide bonds. The number of benzene rings is 1. The van der Waals surface area contributed by atoms with Crippen molar-refractivity contribution in [1.29, 1.82) is 0 Å². The van der Waals surface area contributed by atoms with Gasteiger partial charge in [0.15, 0.2) is 5.82 Å². The highest BCUT2D eigenvalue weighted by Crippen LogP contribution is 2.27. The van der Waals surface area contributed by atoms with Crippen molar-refractivity contribution >= 4 is 45.1 Å². The highest BCUT2D eigenvalue weighted by molar-refractivity contribution is 14.1. The zero-order chi connectivity index (χ0) is 18.4. The molecule has 26 heavy (non-hydrogen) atoms. The van der Waals surface area contributed by atoms with E-state index in [2.05, 4.69) is 37.7 Å². The normalized spacial score (nSPS) is 11.2. The fraction of sp³-hybridized carbons (Fsp3) is 0.111. The number of rotatable bonds is 2. The van der Waals surface area contributed by atoms with Crippen LogP contribution in [0.3, 0.4) is 0 Å². The average molecular weight is 479 g/mol. The van der Waals surface area contributed by atoms with E-state index in [4.69, 9.17) is 16.0 Å². The van der Waals surface area contributed by atoms with Crippen LogP contribution in [-0.4, -0.2) is 19.7 Å². The van der Waals surface area contributed by atoms with Gasteiger partial charge in [0.1, 0.15) is 9.39 Å². The number of aryl methyl sites for hydroxylation is 2. The first kappa shape index (κ1) is 17.2. The van der Waals surface area contributed by atoms with E-state index in [0.29, 0.717) is 31.1 Å². The Labute approximate surface area is 167 Å². The van der Waals surface area contributed by atoms with E-state index in [9.17, 15) is 4.79 Å². The van der Waals surface area contributed by atoms with Crippen molar-refractivity contribution in [3.05, 3.63) is 66.8 Å². The summed E-state index contributed by atoms with van der Waals surface area (Å²) in [6.45, 7) is 3.85. The molecule has 0 fully saturated rings. The minimum absolute atomic E-state index is 0.173. The maximum atomic E-state index is 12.5. The summed E-state index contributed by atoms with van der Waals surface area (Å²) in [6, 6.07) is 8.99. The summed E-state index contributed by atoms with van der Waals surface area (Å²) in [4.78, 5) is 21.4. The molecule has 0 aliphatic heterocycles. The van der Waals surface area contributed by atoms with Crippen molar-refractivity contribution in [2.45, 2.75) is 13.8 Å². The molecule has 0 radical (unpaired) electrons. The molecule has 3 heterocycles. The summed E-state index contributed by atoms with van der Waals surface area (Å²) in [5.41, 5.74) is 2.57. The lowest BCUT2D eigenvalue weighted by Crippen LogP contribution is -2.08. The van der Waals surface area contributed by atoms with Crippen LogP contribution in [0.4, 0.5) is 0 Å². The van der Waals surface area contributed by atoms with Gasteiger partial charge in [-0.15, -0.1) is 0 Å². The first-order valence-corrected chi connectivity index (χ1v) is 9.18. The largest absolute Gasteiger partial charge is 0.401 e. The van der Waals surface area contributed by atoms with Gasteiger partial charge in [0.2, 0.25) is 5.89 Å². The van der Waals surface area contributed by atoms with E-state index in [0.717, 1.165) is 11.1 Å². The van der Waals surface area contributed by atoms with Crippen LogP contribution >= 0.6 is 34.2 Å². The zero-order valence-electron chi connectivity index (χ0n) is 13.8. The molecule has 4 rings (SSSR count). The van der Waals surface area contributed by atoms with E-state index >= 15 is 0 Å². The minimum atomic E-state index is -0.438. The molecule has 0 aliphatic carbocycles. The molecule has 0 unspecified atom stereocenters. The summed E-state index contributed by atoms with van der Waals surface area (Å²) < 4.78 is 7.73. The van der Waals surface area contributed by atoms with Gasteiger partial charge in [-0.3, -0.25) is 0 Å². The third kappa shape index (κ3) is 2.90. The zero-order valence-corrected chi connectivity index (χ0v) is 16.7. The van der Waals surface area contributed by atoms with Crippen LogP contribution in [0.5, 0.6) is 0 Å². The summed E-state index contributed by atoms with van der Waals surface area (Å²) in [5.74, 6) is 0.615. The second-order valence-corrected chi connectivity index (χ2v) is 7.37. The van der Waals surface area contributed by atoms with Gasteiger partial charge in [0.05, 0.1) is 15.9 Å². The van der Waals surface area contributed by atoms with Gasteiger partial charge in [-0.2, -0.15) is 5.10 Å². The second-order valence-electron chi connectivity index (χ2n) is 5.86. The van der Waals surface area contributed by atoms with E-state index < -0.39 is 5.63 Å². The molecule has 130 valence electrons. The van der Waals surface area contributed by atoms with Crippen LogP contribution < -0.4 is 5.63 Å². The van der Waals surface area contributed by atoms with E-state index in [1.54, 1.807) is 30.5 Å². The van der Waals surface area contributed by atoms with E-state index in [1.807, 2.05) is 19.9 Å². The summed E-state index contributed by atoms with van der Waals surface area (Å²) >= 11 is 8.34. The van der Waals surface area contributed by atoms with Crippen molar-refractivity contribution in [2.75, 3.05) is 0 Å². The van der Waals surface area contributed by atoms with Gasteiger partial charge in [-0.25, -0.2) is 19.4 Å². The Kier molecular flexibility index (Phi) is 4.28. The van der Waals surface area contributed by atoms with Crippen LogP contribution in [-0.2, 0) is 0 Å². The monoisotopic (exact) mass is 478 g/mol. The maximum absolute atomic E-state index is 12.5. The molecule has 0 spiro atoms. The van der Waals surface area contributed by atoms with Crippen LogP contribution in [0.15, 0.2) is 45.7 Å². The SMILES string of the molecule is Cc1cc(C)c2nc(-c3cc(I)nn3-c3ncccc3Cl)oc(=O)c2c1. The molecular weight excluding hydrogens is 467 g/mol. The first-order valence-electron chi connectivity index (χ1n) is 7.73. The third-order valence-corrected chi connectivity index (χ3v) is 4.73. The maximum Gasteiger partial charge on any atom is 0.347 e. The number of hydrogen-bond donors (Lipinski definition) is 0. The molecule has 0 N–H and O–H groups in total. The van der Waals surface area contributed by atoms with Crippen molar-refractivity contribution < 1.29 is 4.42 Å². The predicted octanol–water partition coefficient (Wildman–Crippen LogP) is 4.31. The van der Waals surface area contributed by atoms with Crippen LogP contribution in [0.25, 0.3) is 28.3 Å². The summed E-state index contributed by atoms with van der Waals surface area (Å²) in [6.07, 6.45) is 1.62. The predicted molar refractivity (Wildman–Crippen MR) is 108 cm³/mol. The molecule has 0 bridgehead atoms. The smallest absolute Gasteiger partial charge is 0.347 e. The number of halogens is 2. The average Bonchev–Trinajstić information content (AvgIpc) is 2.97. The molecule has 6 nitrogen and oxygen atoms in total. The Balaban J connectivity index is 2.01. The standard InChI is InChI=1S/C18H12ClIN4O2/c1-9-6-10(2)15-11(7-9)18(25)26-17(22-15)13-8-14(20)23-24(13)16-12(19)4-3-5-21-16/h3-8H,1-2H3. The van der Waals surface area contributed by atoms with Gasteiger partial charge in [0, 0.05) is 12.3 Å². The quantitative estimate of drug-likeness (QED) is 0.401. The van der Waals surface area contributed by atoms with E-state index in [1.165, 1.54) is 4.68 Å². The number of nitrogens with zero attached hydrogens (tertiary/aromatic N) is 4. The lowest BCUT2D eigenvalue weighted by molar-refractivity contribution is 0.513. The van der Waals surface area contributed by atoms with Crippen molar-refractivity contribution in [3.63, 3.8) is 0 Å². The van der Waals surface area contributed by atoms with Crippen molar-refractivity contribution in [3.8, 4) is 17.4 Å². The van der Waals surface area contributed by atoms with Crippen molar-refractivity contribution in [2.24, 2.45) is 0 Å². The van der Waals surface area contributed by atoms with E-state index in [-0.39, 0.29) is 5.89 Å². The summed E-state index contributed by atoms with van der Waals surface area (Å²) in [7, 11) is 0. The number of pyridine rings is 1. The lowest BCUT2D eigenvalue weighted by Gasteiger charge is -2.08. The number of hydrogen-bond acceptors (Lipinski definition) is 5. The molecule has 3 aromatic heterocycles. The minimum Gasteiger partial charge on any atom is -0.401 e. The molecular formula is C18H12ClIN4O2. The molecule has 0 atom stereocenters. The highest BCUT2D eigenvalue weighted by Gasteiger charge is 2.19. The molecule has 0 saturated heterocycles. The van der Waals surface area contributed by atoms with Crippen LogP contribution in [0.1, 0.15) is 11.1 Å². The molecule has 1 aromatic carbocycles. The Morgan fingerprint density at radius 1 is 1.23 bits per heavy atom. The Morgan fingerprint density at radius 3 is 2.81 bits per heavy atom. The lowest BCUT2D eigenvalue weighted by atomic mass is 10.1. The van der Waals surface area contributed by atoms with Gasteiger partial charge in [-0.1, -0.05) is 17.7 Å². The van der Waals surface area contributed by atoms with Crippen LogP contribution in [0.2, 0.25) is 5.02 Å². The fourth-order valence-corrected chi connectivity index (χ4v) is 3.55. The van der Waals surface area contributed by atoms with Crippen LogP contribution in [0, 0.1) is 17.5 Å². The third-order valence-electron chi connectivity index (χ3n) is 3.91. The number of aromatic nitrogens is 4. The number of fused-ring (bicyclic) bond motifs is 1.